The minimum absolute atomic E-state index is 0.0390. The van der Waals surface area contributed by atoms with Gasteiger partial charge in [0, 0.05) is 36.3 Å². The molecule has 10 nitrogen and oxygen atoms in total. The van der Waals surface area contributed by atoms with Gasteiger partial charge < -0.3 is 20.6 Å². The number of halogens is 1. The molecular weight excluding hydrogens is 902 g/mol. The lowest BCUT2D eigenvalue weighted by atomic mass is 9.87. The third kappa shape index (κ3) is 14.6. The summed E-state index contributed by atoms with van der Waals surface area (Å²) in [5.41, 5.74) is 11.3. The predicted molar refractivity (Wildman–Crippen MR) is 282 cm³/mol. The van der Waals surface area contributed by atoms with Crippen molar-refractivity contribution in [2.24, 2.45) is 5.73 Å². The van der Waals surface area contributed by atoms with Gasteiger partial charge in [-0.3, -0.25) is 28.6 Å². The lowest BCUT2D eigenvalue weighted by Gasteiger charge is -2.42. The molecule has 2 aliphatic rings. The van der Waals surface area contributed by atoms with E-state index < -0.39 is 42.9 Å². The van der Waals surface area contributed by atoms with Gasteiger partial charge in [0.2, 0.25) is 17.7 Å². The van der Waals surface area contributed by atoms with Crippen molar-refractivity contribution in [1.29, 1.82) is 0 Å². The maximum absolute atomic E-state index is 13.9. The zero-order chi connectivity index (χ0) is 52.0. The minimum Gasteiger partial charge on any atom is -0.480 e. The van der Waals surface area contributed by atoms with Crippen molar-refractivity contribution in [2.75, 3.05) is 47.4 Å². The molecule has 11 heteroatoms. The van der Waals surface area contributed by atoms with Crippen molar-refractivity contribution >= 4 is 23.7 Å². The fourth-order valence-corrected chi connectivity index (χ4v) is 9.43. The van der Waals surface area contributed by atoms with Crippen LogP contribution in [0.15, 0.2) is 182 Å². The van der Waals surface area contributed by atoms with E-state index >= 15 is 0 Å². The second kappa shape index (κ2) is 27.5. The molecule has 2 heterocycles. The second-order valence-corrected chi connectivity index (χ2v) is 17.9. The van der Waals surface area contributed by atoms with Crippen molar-refractivity contribution in [3.8, 4) is 23.7 Å². The highest BCUT2D eigenvalue weighted by atomic mass is 19.1. The number of amides is 3. The summed E-state index contributed by atoms with van der Waals surface area (Å²) in [4.78, 5) is 60.1. The molecule has 3 amide bonds. The van der Waals surface area contributed by atoms with Crippen molar-refractivity contribution in [2.45, 2.75) is 61.7 Å². The molecule has 0 unspecified atom stereocenters. The first-order valence-corrected chi connectivity index (χ1v) is 24.2. The molecule has 0 spiro atoms. The minimum atomic E-state index is -1.00. The van der Waals surface area contributed by atoms with E-state index in [4.69, 9.17) is 7.10 Å². The molecule has 0 radical (unpaired) electrons. The van der Waals surface area contributed by atoms with Crippen LogP contribution in [0.2, 0.25) is 0 Å². The highest BCUT2D eigenvalue weighted by Crippen LogP contribution is 2.33. The molecule has 0 bridgehead atoms. The summed E-state index contributed by atoms with van der Waals surface area (Å²) in [6.45, 7) is 1.99. The molecule has 370 valence electrons. The molecule has 2 fully saturated rings. The molecule has 8 rings (SSSR count). The van der Waals surface area contributed by atoms with Gasteiger partial charge in [0.15, 0.2) is 0 Å². The smallest absolute Gasteiger partial charge is 0.326 e. The van der Waals surface area contributed by atoms with Crippen LogP contribution >= 0.6 is 0 Å². The van der Waals surface area contributed by atoms with Crippen LogP contribution in [0.4, 0.5) is 4.39 Å². The third-order valence-corrected chi connectivity index (χ3v) is 13.3. The summed E-state index contributed by atoms with van der Waals surface area (Å²) in [6, 6.07) is 56.9. The quantitative estimate of drug-likeness (QED) is 0.118. The number of piperidine rings is 2. The van der Waals surface area contributed by atoms with Crippen LogP contribution in [0.25, 0.3) is 0 Å². The molecule has 4 atom stereocenters. The predicted octanol–water partition coefficient (Wildman–Crippen LogP) is 8.48. The standard InChI is InChI=1S/C30H31N3O2.C30H30N2O3.CH3F/c1-32(20-11-14-23-12-5-2-6-13-23)26-19-21-33(27(22-26)29(31)34)30(35)28(24-15-7-3-8-16-24)25-17-9-4-10-18-25;1-31(20-11-14-23-12-5-2-6-13-23)26-19-21-32(27(22-26)30(34)35)29(33)28(24-15-7-3-8-16-24)25-17-9-4-10-18-25;1-2/h2-10,12-13,15-18,26-28H,19-22H2,1H3,(H2,31,34);2-10,12-13,15-18,26-28H,19-22H2,1H3,(H,34,35);1H3/t2*26-,27+;/m11./s1/i;;1D. The van der Waals surface area contributed by atoms with Crippen LogP contribution < -0.4 is 5.73 Å². The van der Waals surface area contributed by atoms with Crippen molar-refractivity contribution in [3.63, 3.8) is 0 Å². The van der Waals surface area contributed by atoms with E-state index in [0.717, 1.165) is 39.8 Å². The zero-order valence-corrected chi connectivity index (χ0v) is 41.0. The van der Waals surface area contributed by atoms with Gasteiger partial charge in [-0.25, -0.2) is 4.79 Å². The Hall–Kier alpha value is -7.83. The van der Waals surface area contributed by atoms with Crippen LogP contribution in [0.3, 0.4) is 0 Å². The van der Waals surface area contributed by atoms with Gasteiger partial charge in [-0.05, 0) is 86.3 Å². The highest BCUT2D eigenvalue weighted by Gasteiger charge is 2.41. The SMILES string of the molecule is CN(CC#Cc1ccccc1)[C@@H]1CCN(C(=O)C(c2ccccc2)c2ccccc2)[C@H](C(=O)O)C1.CN(CC#Cc1ccccc1)[C@@H]1CCN(C(=O)C(c2ccccc2)c2ccccc2)[C@H](C(N)=O)C1.[2H]CF. The summed E-state index contributed by atoms with van der Waals surface area (Å²) >= 11 is 0. The lowest BCUT2D eigenvalue weighted by molar-refractivity contribution is -0.153. The Morgan fingerprint density at radius 1 is 0.569 bits per heavy atom. The monoisotopic (exact) mass is 966 g/mol. The van der Waals surface area contributed by atoms with E-state index in [2.05, 4.69) is 33.5 Å². The van der Waals surface area contributed by atoms with Gasteiger partial charge in [-0.15, -0.1) is 0 Å². The maximum atomic E-state index is 13.9. The molecule has 2 aliphatic heterocycles. The van der Waals surface area contributed by atoms with Crippen LogP contribution in [0.1, 0.15) is 72.3 Å². The van der Waals surface area contributed by atoms with E-state index in [1.165, 1.54) is 0 Å². The Kier molecular flexibility index (Phi) is 19.9. The number of carbonyl (C=O) groups is 4. The number of primary amides is 1. The first kappa shape index (κ1) is 52.0. The van der Waals surface area contributed by atoms with E-state index in [9.17, 15) is 28.7 Å². The molecule has 3 N–H and O–H groups in total. The third-order valence-electron chi connectivity index (χ3n) is 13.3. The summed E-state index contributed by atoms with van der Waals surface area (Å²) in [5, 5.41) is 10.1. The zero-order valence-electron chi connectivity index (χ0n) is 42.0. The number of aliphatic carboxylic acids is 1. The number of likely N-dealkylation sites (tertiary alicyclic amines) is 2. The van der Waals surface area contributed by atoms with Crippen molar-refractivity contribution < 1.29 is 30.0 Å². The fourth-order valence-electron chi connectivity index (χ4n) is 9.43. The van der Waals surface area contributed by atoms with Gasteiger partial charge >= 0.3 is 5.97 Å². The van der Waals surface area contributed by atoms with Gasteiger partial charge in [-0.2, -0.15) is 0 Å². The number of carboxylic acids is 1. The van der Waals surface area contributed by atoms with Crippen molar-refractivity contribution in [1.82, 2.24) is 19.6 Å². The number of hydrogen-bond acceptors (Lipinski definition) is 6. The first-order chi connectivity index (χ1) is 35.5. The summed E-state index contributed by atoms with van der Waals surface area (Å²) in [5.74, 6) is 10.0. The van der Waals surface area contributed by atoms with Gasteiger partial charge in [-0.1, -0.05) is 181 Å². The molecule has 0 saturated carbocycles. The summed E-state index contributed by atoms with van der Waals surface area (Å²) < 4.78 is 15.5. The van der Waals surface area contributed by atoms with Gasteiger partial charge in [0.05, 0.1) is 33.4 Å². The number of hydrogen-bond donors (Lipinski definition) is 2. The van der Waals surface area contributed by atoms with Crippen LogP contribution in [-0.2, 0) is 19.2 Å². The Balaban J connectivity index is 0.000000226. The molecule has 0 aliphatic carbocycles. The van der Waals surface area contributed by atoms with E-state index in [1.54, 1.807) is 9.80 Å². The number of carboxylic acid groups (broad SMARTS) is 1. The number of nitrogens with zero attached hydrogens (tertiary/aromatic N) is 4. The molecule has 0 aromatic heterocycles. The molecule has 6 aromatic carbocycles. The average molecular weight is 967 g/mol. The topological polar surface area (TPSA) is 127 Å². The Morgan fingerprint density at radius 3 is 1.17 bits per heavy atom. The van der Waals surface area contributed by atoms with E-state index in [1.807, 2.05) is 196 Å². The van der Waals surface area contributed by atoms with E-state index in [-0.39, 0.29) is 23.9 Å². The summed E-state index contributed by atoms with van der Waals surface area (Å²) in [7, 11) is 2.98. The lowest BCUT2D eigenvalue weighted by Crippen LogP contribution is -2.57. The molecule has 6 aromatic rings. The Bertz CT molecular complexity index is 2520. The largest absolute Gasteiger partial charge is 0.480 e. The van der Waals surface area contributed by atoms with Gasteiger partial charge in [0.1, 0.15) is 12.1 Å². The van der Waals surface area contributed by atoms with Crippen LogP contribution in [-0.4, -0.2) is 120 Å². The molecule has 72 heavy (non-hydrogen) atoms. The Labute approximate surface area is 425 Å². The van der Waals surface area contributed by atoms with Crippen LogP contribution in [0.5, 0.6) is 0 Å². The maximum Gasteiger partial charge on any atom is 0.326 e. The second-order valence-electron chi connectivity index (χ2n) is 17.9. The highest BCUT2D eigenvalue weighted by molar-refractivity contribution is 5.93. The van der Waals surface area contributed by atoms with Crippen molar-refractivity contribution in [3.05, 3.63) is 215 Å². The van der Waals surface area contributed by atoms with Crippen LogP contribution in [0, 0.1) is 23.7 Å². The number of carbonyl (C=O) groups excluding carboxylic acids is 3. The Morgan fingerprint density at radius 2 is 0.861 bits per heavy atom. The van der Waals surface area contributed by atoms with E-state index in [0.29, 0.717) is 45.4 Å². The number of benzene rings is 6. The molecule has 2 saturated heterocycles. The first-order valence-electron chi connectivity index (χ1n) is 24.9. The normalized spacial score (nSPS) is 17.4. The average Bonchev–Trinajstić information content (AvgIpc) is 3.42. The number of nitrogens with two attached hydrogens (primary N) is 1. The number of rotatable bonds is 12. The van der Waals surface area contributed by atoms with Gasteiger partial charge in [0.25, 0.3) is 0 Å². The fraction of sp³-hybridized carbons (Fsp3) is 0.279. The number of alkyl halides is 1. The summed E-state index contributed by atoms with van der Waals surface area (Å²) in [6.07, 6.45) is 2.34. The molecular formula is C61H64FN5O5.